The predicted molar refractivity (Wildman–Crippen MR) is 250 cm³/mol. The van der Waals surface area contributed by atoms with Gasteiger partial charge in [-0.25, -0.2) is 15.0 Å². The summed E-state index contributed by atoms with van der Waals surface area (Å²) in [5.74, 6) is 1.93. The molecule has 0 amide bonds. The first-order chi connectivity index (χ1) is 29.7. The second-order valence-electron chi connectivity index (χ2n) is 15.1. The maximum Gasteiger partial charge on any atom is 0.164 e. The van der Waals surface area contributed by atoms with Gasteiger partial charge in [-0.2, -0.15) is 0 Å². The third-order valence-electron chi connectivity index (χ3n) is 11.5. The van der Waals surface area contributed by atoms with Gasteiger partial charge in [0.2, 0.25) is 0 Å². The average molecular weight is 764 g/mol. The van der Waals surface area contributed by atoms with Crippen LogP contribution in [0.1, 0.15) is 0 Å². The first kappa shape index (κ1) is 35.2. The Kier molecular flexibility index (Phi) is 8.83. The quantitative estimate of drug-likeness (QED) is 0.152. The SMILES string of the molecule is c1ccc(-c2ccc(-c3ccccc3-c3c4ccccc4c(-c4ccc(-c5nc(-c6ccccc6)nc(-c6ccc7ccccc7c6)n5)cc4)c4ccccc34)cc2)cc1. The largest absolute Gasteiger partial charge is 0.208 e. The van der Waals surface area contributed by atoms with Gasteiger partial charge in [0, 0.05) is 16.7 Å². The number of aromatic nitrogens is 3. The lowest BCUT2D eigenvalue weighted by Crippen LogP contribution is -2.00. The lowest BCUT2D eigenvalue weighted by molar-refractivity contribution is 1.07. The van der Waals surface area contributed by atoms with Crippen molar-refractivity contribution in [1.29, 1.82) is 0 Å². The molecule has 11 aromatic rings. The van der Waals surface area contributed by atoms with Crippen molar-refractivity contribution in [2.24, 2.45) is 0 Å². The molecule has 0 aliphatic carbocycles. The minimum atomic E-state index is 0.636. The standard InChI is InChI=1S/C57H37N3/c1-3-15-38(16-4-1)40-27-30-41(31-28-40)47-21-9-10-22-48(47)54-51-25-13-11-23-49(51)53(50-24-12-14-26-52(50)54)42-32-34-44(35-33-42)56-58-55(43-18-5-2-6-19-43)59-57(60-56)46-36-29-39-17-7-8-20-45(39)37-46/h1-37H. The summed E-state index contributed by atoms with van der Waals surface area (Å²) in [5.41, 5.74) is 12.4. The highest BCUT2D eigenvalue weighted by Gasteiger charge is 2.20. The Morgan fingerprint density at radius 1 is 0.217 bits per heavy atom. The normalized spacial score (nSPS) is 11.3. The second-order valence-corrected chi connectivity index (χ2v) is 15.1. The van der Waals surface area contributed by atoms with Crippen LogP contribution in [0.25, 0.3) is 111 Å². The van der Waals surface area contributed by atoms with E-state index in [-0.39, 0.29) is 0 Å². The smallest absolute Gasteiger partial charge is 0.164 e. The van der Waals surface area contributed by atoms with E-state index in [4.69, 9.17) is 15.0 Å². The molecule has 0 atom stereocenters. The summed E-state index contributed by atoms with van der Waals surface area (Å²) >= 11 is 0. The lowest BCUT2D eigenvalue weighted by Gasteiger charge is -2.20. The van der Waals surface area contributed by atoms with Gasteiger partial charge in [0.15, 0.2) is 17.5 Å². The molecule has 0 saturated heterocycles. The maximum absolute atomic E-state index is 5.08. The fraction of sp³-hybridized carbons (Fsp3) is 0. The van der Waals surface area contributed by atoms with Crippen molar-refractivity contribution in [3.63, 3.8) is 0 Å². The van der Waals surface area contributed by atoms with Crippen molar-refractivity contribution in [2.45, 2.75) is 0 Å². The van der Waals surface area contributed by atoms with Crippen LogP contribution in [0.5, 0.6) is 0 Å². The van der Waals surface area contributed by atoms with Crippen molar-refractivity contribution >= 4 is 32.3 Å². The summed E-state index contributed by atoms with van der Waals surface area (Å²) in [6.45, 7) is 0. The highest BCUT2D eigenvalue weighted by atomic mass is 15.0. The zero-order valence-electron chi connectivity index (χ0n) is 32.7. The number of fused-ring (bicyclic) bond motifs is 3. The Morgan fingerprint density at radius 2 is 0.600 bits per heavy atom. The molecule has 0 radical (unpaired) electrons. The zero-order valence-corrected chi connectivity index (χ0v) is 32.7. The summed E-state index contributed by atoms with van der Waals surface area (Å²) in [4.78, 5) is 15.1. The number of hydrogen-bond acceptors (Lipinski definition) is 3. The minimum absolute atomic E-state index is 0.636. The minimum Gasteiger partial charge on any atom is -0.208 e. The summed E-state index contributed by atoms with van der Waals surface area (Å²) in [7, 11) is 0. The molecule has 0 aliphatic heterocycles. The molecule has 3 nitrogen and oxygen atoms in total. The fourth-order valence-electron chi connectivity index (χ4n) is 8.62. The molecule has 0 unspecified atom stereocenters. The van der Waals surface area contributed by atoms with Crippen LogP contribution in [0, 0.1) is 0 Å². The lowest BCUT2D eigenvalue weighted by atomic mass is 9.83. The third kappa shape index (κ3) is 6.39. The van der Waals surface area contributed by atoms with Gasteiger partial charge in [0.25, 0.3) is 0 Å². The topological polar surface area (TPSA) is 38.7 Å². The molecule has 0 N–H and O–H groups in total. The van der Waals surface area contributed by atoms with Crippen LogP contribution in [-0.4, -0.2) is 15.0 Å². The highest BCUT2D eigenvalue weighted by Crippen LogP contribution is 2.46. The first-order valence-corrected chi connectivity index (χ1v) is 20.4. The average Bonchev–Trinajstić information content (AvgIpc) is 3.33. The van der Waals surface area contributed by atoms with E-state index in [1.165, 1.54) is 65.9 Å². The molecule has 11 rings (SSSR count). The van der Waals surface area contributed by atoms with Crippen molar-refractivity contribution in [3.8, 4) is 78.7 Å². The van der Waals surface area contributed by atoms with E-state index >= 15 is 0 Å². The number of hydrogen-bond donors (Lipinski definition) is 0. The zero-order chi connectivity index (χ0) is 39.8. The first-order valence-electron chi connectivity index (χ1n) is 20.4. The van der Waals surface area contributed by atoms with Crippen molar-refractivity contribution in [3.05, 3.63) is 224 Å². The van der Waals surface area contributed by atoms with E-state index in [2.05, 4.69) is 194 Å². The van der Waals surface area contributed by atoms with Crippen molar-refractivity contribution in [2.75, 3.05) is 0 Å². The summed E-state index contributed by atoms with van der Waals surface area (Å²) < 4.78 is 0. The molecule has 0 aliphatic rings. The van der Waals surface area contributed by atoms with Gasteiger partial charge < -0.3 is 0 Å². The van der Waals surface area contributed by atoms with E-state index in [9.17, 15) is 0 Å². The van der Waals surface area contributed by atoms with E-state index in [1.54, 1.807) is 0 Å². The van der Waals surface area contributed by atoms with Gasteiger partial charge in [0.05, 0.1) is 0 Å². The molecular weight excluding hydrogens is 727 g/mol. The van der Waals surface area contributed by atoms with Crippen LogP contribution in [0.3, 0.4) is 0 Å². The van der Waals surface area contributed by atoms with Gasteiger partial charge in [-0.1, -0.05) is 218 Å². The summed E-state index contributed by atoms with van der Waals surface area (Å²) in [5, 5.41) is 7.17. The van der Waals surface area contributed by atoms with Crippen LogP contribution in [0.2, 0.25) is 0 Å². The molecule has 10 aromatic carbocycles. The monoisotopic (exact) mass is 763 g/mol. The Labute approximate surface area is 349 Å². The van der Waals surface area contributed by atoms with Crippen LogP contribution in [0.15, 0.2) is 224 Å². The van der Waals surface area contributed by atoms with Crippen molar-refractivity contribution in [1.82, 2.24) is 15.0 Å². The molecule has 60 heavy (non-hydrogen) atoms. The Hall–Kier alpha value is -8.01. The molecular formula is C57H37N3. The predicted octanol–water partition coefficient (Wildman–Crippen LogP) is 15.0. The molecule has 0 fully saturated rings. The van der Waals surface area contributed by atoms with Crippen LogP contribution >= 0.6 is 0 Å². The fourth-order valence-corrected chi connectivity index (χ4v) is 8.62. The molecule has 3 heteroatoms. The van der Waals surface area contributed by atoms with Crippen LogP contribution in [0.4, 0.5) is 0 Å². The van der Waals surface area contributed by atoms with Crippen molar-refractivity contribution < 1.29 is 0 Å². The maximum atomic E-state index is 5.08. The number of benzene rings is 10. The molecule has 0 spiro atoms. The Morgan fingerprint density at radius 3 is 1.22 bits per heavy atom. The summed E-state index contributed by atoms with van der Waals surface area (Å²) in [6.07, 6.45) is 0. The summed E-state index contributed by atoms with van der Waals surface area (Å²) in [6, 6.07) is 79.7. The molecule has 0 bridgehead atoms. The highest BCUT2D eigenvalue weighted by molar-refractivity contribution is 6.22. The van der Waals surface area contributed by atoms with Gasteiger partial charge in [0.1, 0.15) is 0 Å². The molecule has 1 aromatic heterocycles. The van der Waals surface area contributed by atoms with E-state index in [0.29, 0.717) is 17.5 Å². The van der Waals surface area contributed by atoms with Gasteiger partial charge in [-0.05, 0) is 82.9 Å². The van der Waals surface area contributed by atoms with Gasteiger partial charge in [-0.3, -0.25) is 0 Å². The molecule has 1 heterocycles. The van der Waals surface area contributed by atoms with E-state index < -0.39 is 0 Å². The number of nitrogens with zero attached hydrogens (tertiary/aromatic N) is 3. The van der Waals surface area contributed by atoms with E-state index in [1.807, 2.05) is 30.3 Å². The van der Waals surface area contributed by atoms with Gasteiger partial charge in [-0.15, -0.1) is 0 Å². The van der Waals surface area contributed by atoms with Gasteiger partial charge >= 0.3 is 0 Å². The second kappa shape index (κ2) is 15.1. The number of rotatable bonds is 7. The third-order valence-corrected chi connectivity index (χ3v) is 11.5. The van der Waals surface area contributed by atoms with Crippen LogP contribution < -0.4 is 0 Å². The Balaban J connectivity index is 1.03. The molecule has 0 saturated carbocycles. The Bertz CT molecular complexity index is 3280. The van der Waals surface area contributed by atoms with Crippen LogP contribution in [-0.2, 0) is 0 Å². The van der Waals surface area contributed by atoms with E-state index in [0.717, 1.165) is 27.6 Å². The molecule has 280 valence electrons.